The lowest BCUT2D eigenvalue weighted by Gasteiger charge is -2.19. The first-order valence-corrected chi connectivity index (χ1v) is 12.6. The zero-order valence-electron chi connectivity index (χ0n) is 20.9. The average molecular weight is 440 g/mol. The van der Waals surface area contributed by atoms with Crippen molar-refractivity contribution in [1.82, 2.24) is 0 Å². The summed E-state index contributed by atoms with van der Waals surface area (Å²) in [5, 5.41) is 0. The second-order valence-corrected chi connectivity index (χ2v) is 10.3. The molecule has 1 heteroatoms. The molecule has 0 bridgehead atoms. The molecule has 0 heterocycles. The van der Waals surface area contributed by atoms with Gasteiger partial charge in [0.1, 0.15) is 0 Å². The summed E-state index contributed by atoms with van der Waals surface area (Å²) >= 11 is 0. The van der Waals surface area contributed by atoms with Gasteiger partial charge < -0.3 is 0 Å². The molecule has 3 rings (SSSR count). The minimum Gasteiger partial charge on any atom is -0.289 e. The average Bonchev–Trinajstić information content (AvgIpc) is 2.83. The fourth-order valence-electron chi connectivity index (χ4n) is 4.48. The summed E-state index contributed by atoms with van der Waals surface area (Å²) in [5.41, 5.74) is 5.60. The van der Waals surface area contributed by atoms with Gasteiger partial charge in [-0.1, -0.05) is 114 Å². The lowest BCUT2D eigenvalue weighted by Crippen LogP contribution is -2.11. The zero-order chi connectivity index (χ0) is 23.7. The van der Waals surface area contributed by atoms with E-state index in [2.05, 4.69) is 76.2 Å². The fourth-order valence-corrected chi connectivity index (χ4v) is 4.48. The highest BCUT2D eigenvalue weighted by atomic mass is 16.1. The Kier molecular flexibility index (Phi) is 9.06. The fraction of sp³-hybridized carbons (Fsp3) is 0.406. The van der Waals surface area contributed by atoms with Crippen LogP contribution in [0.3, 0.4) is 0 Å². The van der Waals surface area contributed by atoms with E-state index in [1.165, 1.54) is 42.4 Å². The molecule has 0 fully saturated rings. The van der Waals surface area contributed by atoms with E-state index < -0.39 is 0 Å². The molecule has 0 saturated heterocycles. The summed E-state index contributed by atoms with van der Waals surface area (Å²) < 4.78 is 0. The highest BCUT2D eigenvalue weighted by Crippen LogP contribution is 2.30. The Hall–Kier alpha value is -2.67. The molecule has 173 valence electrons. The number of carbonyl (C=O) groups is 1. The van der Waals surface area contributed by atoms with Gasteiger partial charge in [0.2, 0.25) is 0 Å². The van der Waals surface area contributed by atoms with Crippen LogP contribution in [0.25, 0.3) is 0 Å². The summed E-state index contributed by atoms with van der Waals surface area (Å²) in [7, 11) is 0. The molecule has 3 aromatic carbocycles. The van der Waals surface area contributed by atoms with Crippen molar-refractivity contribution in [2.24, 2.45) is 0 Å². The third-order valence-corrected chi connectivity index (χ3v) is 6.59. The lowest BCUT2D eigenvalue weighted by atomic mass is 9.85. The predicted molar refractivity (Wildman–Crippen MR) is 140 cm³/mol. The van der Waals surface area contributed by atoms with E-state index >= 15 is 0 Å². The van der Waals surface area contributed by atoms with Crippen molar-refractivity contribution in [3.8, 4) is 0 Å². The molecule has 33 heavy (non-hydrogen) atoms. The minimum atomic E-state index is 0.0885. The van der Waals surface area contributed by atoms with Gasteiger partial charge >= 0.3 is 0 Å². The summed E-state index contributed by atoms with van der Waals surface area (Å²) in [5.74, 6) is 0.619. The van der Waals surface area contributed by atoms with Crippen molar-refractivity contribution in [3.63, 3.8) is 0 Å². The Labute approximate surface area is 201 Å². The van der Waals surface area contributed by atoms with Gasteiger partial charge in [-0.15, -0.1) is 0 Å². The molecule has 0 N–H and O–H groups in total. The smallest absolute Gasteiger partial charge is 0.193 e. The molecule has 0 spiro atoms. The van der Waals surface area contributed by atoms with Crippen LogP contribution in [0.15, 0.2) is 72.8 Å². The number of hydrogen-bond donors (Lipinski definition) is 0. The molecule has 0 aromatic heterocycles. The van der Waals surface area contributed by atoms with Crippen molar-refractivity contribution >= 4 is 5.78 Å². The minimum absolute atomic E-state index is 0.0885. The molecule has 0 aliphatic rings. The van der Waals surface area contributed by atoms with Crippen LogP contribution in [-0.2, 0) is 11.8 Å². The van der Waals surface area contributed by atoms with Crippen LogP contribution in [-0.4, -0.2) is 5.78 Å². The van der Waals surface area contributed by atoms with Crippen molar-refractivity contribution < 1.29 is 4.79 Å². The highest BCUT2D eigenvalue weighted by Gasteiger charge is 2.17. The number of carbonyl (C=O) groups excluding carboxylic acids is 1. The van der Waals surface area contributed by atoms with Crippen LogP contribution >= 0.6 is 0 Å². The van der Waals surface area contributed by atoms with E-state index in [1.54, 1.807) is 0 Å². The standard InChI is InChI=1S/C32H39O/c1-5-6-8-16-26(17-11-15-25-13-9-7-10-14-25)28-18-12-19-29(24-28)31(33)27-20-22-30(23-21-27)32(2,3)4/h9-10,12-14,18-24,26H,5-6,8,11,15-17H2,1-4H3. The first-order chi connectivity index (χ1) is 15.9. The largest absolute Gasteiger partial charge is 0.289 e. The quantitative estimate of drug-likeness (QED) is 0.216. The van der Waals surface area contributed by atoms with Gasteiger partial charge in [-0.2, -0.15) is 0 Å². The van der Waals surface area contributed by atoms with Crippen molar-refractivity contribution in [3.05, 3.63) is 107 Å². The lowest BCUT2D eigenvalue weighted by molar-refractivity contribution is 0.103. The van der Waals surface area contributed by atoms with E-state index in [0.29, 0.717) is 5.92 Å². The highest BCUT2D eigenvalue weighted by molar-refractivity contribution is 6.09. The molecule has 1 radical (unpaired) electrons. The van der Waals surface area contributed by atoms with Gasteiger partial charge in [-0.25, -0.2) is 0 Å². The summed E-state index contributed by atoms with van der Waals surface area (Å²) in [6.07, 6.45) is 8.34. The van der Waals surface area contributed by atoms with Crippen molar-refractivity contribution in [2.45, 2.75) is 84.0 Å². The Morgan fingerprint density at radius 1 is 0.848 bits per heavy atom. The number of unbranched alkanes of at least 4 members (excludes halogenated alkanes) is 2. The number of rotatable bonds is 11. The van der Waals surface area contributed by atoms with Gasteiger partial charge in [-0.05, 0) is 65.8 Å². The summed E-state index contributed by atoms with van der Waals surface area (Å²) in [6.45, 7) is 8.85. The Morgan fingerprint density at radius 2 is 1.55 bits per heavy atom. The Bertz CT molecular complexity index is 993. The maximum absolute atomic E-state index is 13.2. The molecule has 3 aromatic rings. The summed E-state index contributed by atoms with van der Waals surface area (Å²) in [4.78, 5) is 13.2. The number of aryl methyl sites for hydroxylation is 1. The van der Waals surface area contributed by atoms with Crippen molar-refractivity contribution in [1.29, 1.82) is 0 Å². The van der Waals surface area contributed by atoms with Crippen LogP contribution in [0.1, 0.15) is 105 Å². The van der Waals surface area contributed by atoms with Gasteiger partial charge in [0.05, 0.1) is 0 Å². The molecule has 1 unspecified atom stereocenters. The first kappa shape index (κ1) is 25.0. The molecular weight excluding hydrogens is 400 g/mol. The molecule has 1 nitrogen and oxygen atoms in total. The third-order valence-electron chi connectivity index (χ3n) is 6.59. The molecule has 0 aliphatic heterocycles. The van der Waals surface area contributed by atoms with Gasteiger partial charge in [-0.3, -0.25) is 4.79 Å². The Balaban J connectivity index is 1.73. The van der Waals surface area contributed by atoms with Crippen molar-refractivity contribution in [2.75, 3.05) is 0 Å². The van der Waals surface area contributed by atoms with Gasteiger partial charge in [0, 0.05) is 11.1 Å². The van der Waals surface area contributed by atoms with E-state index in [-0.39, 0.29) is 11.2 Å². The van der Waals surface area contributed by atoms with E-state index in [9.17, 15) is 4.79 Å². The van der Waals surface area contributed by atoms with E-state index in [0.717, 1.165) is 30.4 Å². The predicted octanol–water partition coefficient (Wildman–Crippen LogP) is 8.70. The molecule has 1 atom stereocenters. The molecular formula is C32H39O. The van der Waals surface area contributed by atoms with Crippen LogP contribution in [0.2, 0.25) is 0 Å². The number of benzene rings is 3. The third kappa shape index (κ3) is 7.42. The van der Waals surface area contributed by atoms with Crippen LogP contribution in [0, 0.1) is 6.07 Å². The Morgan fingerprint density at radius 3 is 2.21 bits per heavy atom. The summed E-state index contributed by atoms with van der Waals surface area (Å²) in [6, 6.07) is 27.9. The SMILES string of the molecule is CCCCCC(CCCc1cc[c]cc1)c1cccc(C(=O)c2ccc(C(C)(C)C)cc2)c1. The van der Waals surface area contributed by atoms with Crippen LogP contribution in [0.5, 0.6) is 0 Å². The number of hydrogen-bond acceptors (Lipinski definition) is 1. The van der Waals surface area contributed by atoms with E-state index in [4.69, 9.17) is 0 Å². The normalized spacial score (nSPS) is 12.5. The topological polar surface area (TPSA) is 17.1 Å². The molecule has 0 amide bonds. The van der Waals surface area contributed by atoms with Crippen LogP contribution < -0.4 is 0 Å². The monoisotopic (exact) mass is 439 g/mol. The van der Waals surface area contributed by atoms with Gasteiger partial charge in [0.15, 0.2) is 5.78 Å². The number of ketones is 1. The van der Waals surface area contributed by atoms with Gasteiger partial charge in [0.25, 0.3) is 0 Å². The second-order valence-electron chi connectivity index (χ2n) is 10.3. The van der Waals surface area contributed by atoms with Crippen LogP contribution in [0.4, 0.5) is 0 Å². The zero-order valence-corrected chi connectivity index (χ0v) is 20.9. The van der Waals surface area contributed by atoms with E-state index in [1.807, 2.05) is 30.3 Å². The first-order valence-electron chi connectivity index (χ1n) is 12.6. The second kappa shape index (κ2) is 12.0. The maximum atomic E-state index is 13.2. The maximum Gasteiger partial charge on any atom is 0.193 e. The molecule has 0 aliphatic carbocycles. The molecule has 0 saturated carbocycles.